The van der Waals surface area contributed by atoms with Crippen molar-refractivity contribution in [1.29, 1.82) is 0 Å². The van der Waals surface area contributed by atoms with E-state index in [9.17, 15) is 31.4 Å². The second kappa shape index (κ2) is 13.2. The van der Waals surface area contributed by atoms with Crippen LogP contribution in [0.25, 0.3) is 0 Å². The number of hydrogen-bond donors (Lipinski definition) is 2. The molecule has 44 heavy (non-hydrogen) atoms. The zero-order valence-electron chi connectivity index (χ0n) is 23.7. The van der Waals surface area contributed by atoms with E-state index in [0.29, 0.717) is 57.7 Å². The minimum Gasteiger partial charge on any atom is -0.385 e. The fourth-order valence-electron chi connectivity index (χ4n) is 6.41. The van der Waals surface area contributed by atoms with E-state index in [1.807, 2.05) is 30.3 Å². The number of nitrogens with one attached hydrogen (secondary N) is 1. The van der Waals surface area contributed by atoms with Gasteiger partial charge in [0.1, 0.15) is 0 Å². The van der Waals surface area contributed by atoms with Gasteiger partial charge in [0.2, 0.25) is 0 Å². The average molecular weight is 661 g/mol. The van der Waals surface area contributed by atoms with Crippen molar-refractivity contribution in [2.24, 2.45) is 0 Å². The Bertz CT molecular complexity index is 1390. The monoisotopic (exact) mass is 659 g/mol. The van der Waals surface area contributed by atoms with Crippen LogP contribution in [0.2, 0.25) is 10.0 Å². The zero-order valence-corrected chi connectivity index (χ0v) is 25.2. The van der Waals surface area contributed by atoms with Gasteiger partial charge in [0, 0.05) is 45.2 Å². The molecule has 2 aliphatic heterocycles. The van der Waals surface area contributed by atoms with Crippen LogP contribution in [-0.4, -0.2) is 60.3 Å². The average Bonchev–Trinajstić information content (AvgIpc) is 2.99. The van der Waals surface area contributed by atoms with Gasteiger partial charge in [-0.05, 0) is 66.3 Å². The van der Waals surface area contributed by atoms with E-state index < -0.39 is 41.2 Å². The maximum absolute atomic E-state index is 13.8. The lowest BCUT2D eigenvalue weighted by atomic mass is 9.82. The standard InChI is InChI=1S/C32H33Cl2F6N3O/c33-27-7-6-22(19-28(27)34)26(18-21-16-24(31(35,36)37)20-25(17-21)32(38,39)40)29(43-14-10-41-11-15-43)42-12-8-30(44,9-13-42)23-4-2-1-3-5-23/h1-7,16-17,19-20,26,29,41,44H,8-15,18H2. The molecule has 0 amide bonds. The van der Waals surface area contributed by atoms with Gasteiger partial charge in [0.05, 0.1) is 32.9 Å². The highest BCUT2D eigenvalue weighted by atomic mass is 35.5. The molecule has 2 saturated heterocycles. The Morgan fingerprint density at radius 2 is 1.32 bits per heavy atom. The molecule has 2 fully saturated rings. The predicted octanol–water partition coefficient (Wildman–Crippen LogP) is 7.57. The molecule has 238 valence electrons. The molecule has 4 nitrogen and oxygen atoms in total. The Morgan fingerprint density at radius 1 is 0.750 bits per heavy atom. The molecule has 0 bridgehead atoms. The van der Waals surface area contributed by atoms with Gasteiger partial charge in [-0.1, -0.05) is 59.6 Å². The Balaban J connectivity index is 1.57. The molecule has 3 aromatic rings. The second-order valence-corrected chi connectivity index (χ2v) is 12.3. The maximum Gasteiger partial charge on any atom is 0.416 e. The number of halogens is 8. The summed E-state index contributed by atoms with van der Waals surface area (Å²) in [7, 11) is 0. The van der Waals surface area contributed by atoms with Crippen molar-refractivity contribution in [3.8, 4) is 0 Å². The van der Waals surface area contributed by atoms with Crippen LogP contribution in [0, 0.1) is 0 Å². The first-order chi connectivity index (χ1) is 20.7. The van der Waals surface area contributed by atoms with Crippen LogP contribution in [0.1, 0.15) is 46.6 Å². The summed E-state index contributed by atoms with van der Waals surface area (Å²) in [5.74, 6) is -0.574. The molecule has 5 rings (SSSR count). The number of piperidine rings is 1. The van der Waals surface area contributed by atoms with Crippen LogP contribution in [0.4, 0.5) is 26.3 Å². The highest BCUT2D eigenvalue weighted by Crippen LogP contribution is 2.41. The highest BCUT2D eigenvalue weighted by Gasteiger charge is 2.42. The summed E-state index contributed by atoms with van der Waals surface area (Å²) in [6.07, 6.45) is -9.60. The zero-order chi connectivity index (χ0) is 31.7. The Kier molecular flexibility index (Phi) is 9.90. The first kappa shape index (κ1) is 33.0. The van der Waals surface area contributed by atoms with E-state index in [1.54, 1.807) is 18.2 Å². The molecule has 2 aliphatic rings. The summed E-state index contributed by atoms with van der Waals surface area (Å²) >= 11 is 12.6. The van der Waals surface area contributed by atoms with Crippen LogP contribution in [0.3, 0.4) is 0 Å². The number of alkyl halides is 6. The molecule has 2 N–H and O–H groups in total. The number of benzene rings is 3. The topological polar surface area (TPSA) is 38.7 Å². The minimum absolute atomic E-state index is 0.0823. The number of aliphatic hydroxyl groups is 1. The third-order valence-corrected chi connectivity index (χ3v) is 9.41. The van der Waals surface area contributed by atoms with Crippen molar-refractivity contribution >= 4 is 23.2 Å². The van der Waals surface area contributed by atoms with Gasteiger partial charge in [-0.25, -0.2) is 0 Å². The second-order valence-electron chi connectivity index (χ2n) is 11.5. The molecule has 0 saturated carbocycles. The van der Waals surface area contributed by atoms with E-state index >= 15 is 0 Å². The number of rotatable bonds is 7. The summed E-state index contributed by atoms with van der Waals surface area (Å²) in [6, 6.07) is 16.1. The summed E-state index contributed by atoms with van der Waals surface area (Å²) in [4.78, 5) is 4.41. The van der Waals surface area contributed by atoms with Crippen LogP contribution < -0.4 is 5.32 Å². The van der Waals surface area contributed by atoms with Gasteiger partial charge in [-0.3, -0.25) is 9.80 Å². The molecule has 2 heterocycles. The molecular formula is C32H33Cl2F6N3O. The van der Waals surface area contributed by atoms with Crippen LogP contribution in [0.5, 0.6) is 0 Å². The highest BCUT2D eigenvalue weighted by molar-refractivity contribution is 6.42. The maximum atomic E-state index is 13.8. The number of likely N-dealkylation sites (tertiary alicyclic amines) is 1. The normalized spacial score (nSPS) is 19.9. The summed E-state index contributed by atoms with van der Waals surface area (Å²) in [6.45, 7) is 3.53. The van der Waals surface area contributed by atoms with E-state index in [4.69, 9.17) is 23.2 Å². The third-order valence-electron chi connectivity index (χ3n) is 8.67. The van der Waals surface area contributed by atoms with E-state index in [1.165, 1.54) is 0 Å². The van der Waals surface area contributed by atoms with Crippen molar-refractivity contribution < 1.29 is 31.4 Å². The van der Waals surface area contributed by atoms with E-state index in [2.05, 4.69) is 15.1 Å². The van der Waals surface area contributed by atoms with Crippen LogP contribution >= 0.6 is 23.2 Å². The quantitative estimate of drug-likeness (QED) is 0.257. The van der Waals surface area contributed by atoms with Crippen LogP contribution in [-0.2, 0) is 24.4 Å². The van der Waals surface area contributed by atoms with Gasteiger partial charge >= 0.3 is 12.4 Å². The number of hydrogen-bond acceptors (Lipinski definition) is 4. The largest absolute Gasteiger partial charge is 0.416 e. The summed E-state index contributed by atoms with van der Waals surface area (Å²) in [5, 5.41) is 15.4. The molecule has 0 aliphatic carbocycles. The van der Waals surface area contributed by atoms with Crippen molar-refractivity contribution in [2.45, 2.75) is 49.3 Å². The van der Waals surface area contributed by atoms with E-state index in [-0.39, 0.29) is 28.1 Å². The van der Waals surface area contributed by atoms with E-state index in [0.717, 1.165) is 17.7 Å². The molecule has 2 atom stereocenters. The van der Waals surface area contributed by atoms with Gasteiger partial charge in [-0.2, -0.15) is 26.3 Å². The molecule has 2 unspecified atom stereocenters. The molecule has 0 spiro atoms. The van der Waals surface area contributed by atoms with Crippen molar-refractivity contribution in [1.82, 2.24) is 15.1 Å². The lowest BCUT2D eigenvalue weighted by Crippen LogP contribution is -2.60. The summed E-state index contributed by atoms with van der Waals surface area (Å²) in [5.41, 5.74) is -2.37. The molecule has 0 radical (unpaired) electrons. The van der Waals surface area contributed by atoms with Crippen molar-refractivity contribution in [2.75, 3.05) is 39.3 Å². The van der Waals surface area contributed by atoms with Gasteiger partial charge in [0.25, 0.3) is 0 Å². The third kappa shape index (κ3) is 7.54. The SMILES string of the molecule is OC1(c2ccccc2)CCN(C(C(Cc2cc(C(F)(F)F)cc(C(F)(F)F)c2)c2ccc(Cl)c(Cl)c2)N2CCNCC2)CC1. The van der Waals surface area contributed by atoms with Crippen molar-refractivity contribution in [3.05, 3.63) is 105 Å². The van der Waals surface area contributed by atoms with Gasteiger partial charge < -0.3 is 10.4 Å². The molecular weight excluding hydrogens is 627 g/mol. The van der Waals surface area contributed by atoms with Crippen molar-refractivity contribution in [3.63, 3.8) is 0 Å². The van der Waals surface area contributed by atoms with Crippen LogP contribution in [0.15, 0.2) is 66.7 Å². The fourth-order valence-corrected chi connectivity index (χ4v) is 6.72. The molecule has 12 heteroatoms. The lowest BCUT2D eigenvalue weighted by Gasteiger charge is -2.49. The number of piperazine rings is 1. The predicted molar refractivity (Wildman–Crippen MR) is 159 cm³/mol. The molecule has 0 aromatic heterocycles. The number of nitrogens with zero attached hydrogens (tertiary/aromatic N) is 2. The van der Waals surface area contributed by atoms with Gasteiger partial charge in [-0.15, -0.1) is 0 Å². The molecule has 3 aromatic carbocycles. The minimum atomic E-state index is -4.96. The lowest BCUT2D eigenvalue weighted by molar-refractivity contribution is -0.143. The Labute approximate surface area is 262 Å². The van der Waals surface area contributed by atoms with Gasteiger partial charge in [0.15, 0.2) is 0 Å². The Hall–Kier alpha value is -2.34. The Morgan fingerprint density at radius 3 is 1.86 bits per heavy atom. The first-order valence-electron chi connectivity index (χ1n) is 14.4. The smallest absolute Gasteiger partial charge is 0.385 e. The summed E-state index contributed by atoms with van der Waals surface area (Å²) < 4.78 is 82.8. The first-order valence-corrected chi connectivity index (χ1v) is 15.2. The fraction of sp³-hybridized carbons (Fsp3) is 0.438.